The lowest BCUT2D eigenvalue weighted by atomic mass is 9.43. The monoisotopic (exact) mass is 1120 g/mol. The molecule has 1 spiro atoms. The molecule has 0 saturated heterocycles. The summed E-state index contributed by atoms with van der Waals surface area (Å²) < 4.78 is 0. The minimum absolute atomic E-state index is 0.198. The summed E-state index contributed by atoms with van der Waals surface area (Å²) in [6.07, 6.45) is 6.52. The molecule has 6 aliphatic rings. The largest absolute Gasteiger partial charge is 0.332 e. The highest BCUT2D eigenvalue weighted by Crippen LogP contribution is 2.73. The molecule has 17 rings (SSSR count). The van der Waals surface area contributed by atoms with Crippen LogP contribution in [0.15, 0.2) is 267 Å². The number of anilines is 4. The fraction of sp³-hybridized carbons (Fsp3) is 0.224. The quantitative estimate of drug-likeness (QED) is 0.120. The van der Waals surface area contributed by atoms with Gasteiger partial charge in [0.05, 0.1) is 16.8 Å². The Morgan fingerprint density at radius 2 is 0.713 bits per heavy atom. The Morgan fingerprint density at radius 3 is 1.17 bits per heavy atom. The van der Waals surface area contributed by atoms with E-state index in [2.05, 4.69) is 318 Å². The maximum atomic E-state index is 2.82. The van der Waals surface area contributed by atoms with Gasteiger partial charge in [0.2, 0.25) is 0 Å². The third-order valence-electron chi connectivity index (χ3n) is 21.7. The summed E-state index contributed by atoms with van der Waals surface area (Å²) in [5, 5.41) is 0. The molecule has 0 atom stereocenters. The molecule has 6 aliphatic carbocycles. The molecule has 2 heteroatoms. The van der Waals surface area contributed by atoms with Crippen LogP contribution in [0.2, 0.25) is 0 Å². The van der Waals surface area contributed by atoms with E-state index in [-0.39, 0.29) is 10.8 Å². The Balaban J connectivity index is 0.996. The van der Waals surface area contributed by atoms with Gasteiger partial charge in [0.25, 0.3) is 0 Å². The lowest BCUT2D eigenvalue weighted by Crippen LogP contribution is -2.55. The Morgan fingerprint density at radius 1 is 0.322 bits per heavy atom. The molecular formula is C85H76N2. The minimum Gasteiger partial charge on any atom is -0.332 e. The number of benzene rings is 11. The first-order valence-electron chi connectivity index (χ1n) is 32.1. The van der Waals surface area contributed by atoms with Crippen molar-refractivity contribution in [2.45, 2.75) is 95.6 Å². The Labute approximate surface area is 515 Å². The van der Waals surface area contributed by atoms with E-state index in [0.717, 1.165) is 11.8 Å². The second-order valence-corrected chi connectivity index (χ2v) is 27.7. The number of hydrogen-bond donors (Lipinski definition) is 0. The first-order valence-corrected chi connectivity index (χ1v) is 32.1. The molecular weight excluding hydrogens is 1050 g/mol. The Hall–Kier alpha value is -8.98. The zero-order valence-electron chi connectivity index (χ0n) is 51.1. The van der Waals surface area contributed by atoms with Crippen LogP contribution in [-0.2, 0) is 21.9 Å². The van der Waals surface area contributed by atoms with E-state index in [0.29, 0.717) is 11.8 Å². The summed E-state index contributed by atoms with van der Waals surface area (Å²) in [6, 6.07) is 102. The highest BCUT2D eigenvalue weighted by molar-refractivity contribution is 6.02. The van der Waals surface area contributed by atoms with Crippen LogP contribution in [0.3, 0.4) is 0 Å². The van der Waals surface area contributed by atoms with E-state index in [4.69, 9.17) is 0 Å². The van der Waals surface area contributed by atoms with Gasteiger partial charge in [-0.15, -0.1) is 0 Å². The molecule has 4 bridgehead atoms. The van der Waals surface area contributed by atoms with Crippen molar-refractivity contribution >= 4 is 22.7 Å². The maximum absolute atomic E-state index is 2.82. The molecule has 426 valence electrons. The molecule has 11 aromatic carbocycles. The van der Waals surface area contributed by atoms with Crippen LogP contribution in [0, 0.1) is 23.7 Å². The van der Waals surface area contributed by atoms with Crippen LogP contribution in [0.25, 0.3) is 66.8 Å². The first kappa shape index (κ1) is 53.5. The van der Waals surface area contributed by atoms with Crippen molar-refractivity contribution in [2.24, 2.45) is 23.7 Å². The van der Waals surface area contributed by atoms with Crippen molar-refractivity contribution in [1.29, 1.82) is 0 Å². The van der Waals surface area contributed by atoms with Gasteiger partial charge < -0.3 is 9.80 Å². The average Bonchev–Trinajstić information content (AvgIpc) is 1.52. The first-order chi connectivity index (χ1) is 42.4. The fourth-order valence-corrected chi connectivity index (χ4v) is 18.1. The van der Waals surface area contributed by atoms with Gasteiger partial charge in [-0.1, -0.05) is 226 Å². The average molecular weight is 1130 g/mol. The smallest absolute Gasteiger partial charge is 0.0646 e. The van der Waals surface area contributed by atoms with Gasteiger partial charge in [0.1, 0.15) is 0 Å². The molecule has 0 amide bonds. The van der Waals surface area contributed by atoms with Crippen molar-refractivity contribution in [3.8, 4) is 66.8 Å². The van der Waals surface area contributed by atoms with Crippen molar-refractivity contribution < 1.29 is 0 Å². The molecule has 0 unspecified atom stereocenters. The van der Waals surface area contributed by atoms with E-state index in [9.17, 15) is 0 Å². The van der Waals surface area contributed by atoms with E-state index < -0.39 is 11.1 Å². The third kappa shape index (κ3) is 8.41. The van der Waals surface area contributed by atoms with Crippen molar-refractivity contribution in [2.75, 3.05) is 9.80 Å². The van der Waals surface area contributed by atoms with Gasteiger partial charge in [0, 0.05) is 33.5 Å². The zero-order chi connectivity index (χ0) is 58.8. The second-order valence-electron chi connectivity index (χ2n) is 27.7. The standard InChI is InChI=1S/C85H76N2/c1-82(2)75-40-26-25-39-73(75)80-78(87(84(5,6)67-37-23-12-24-38-67)72-52-64(60-31-17-9-18-32-60)49-65(53-72)61-33-19-10-20-34-61)55-77-79(81(80)82)74-42-41-70(54-76(74)85(77)68-44-56-43-57(46-68)47-69(85)45-56)86(83(3,4)66-35-21-11-22-36-66)71-50-62(58-27-13-7-14-28-58)48-63(51-71)59-29-15-8-16-30-59/h7-42,48-57,68-69H,43-47H2,1-6H3. The summed E-state index contributed by atoms with van der Waals surface area (Å²) in [7, 11) is 0. The minimum atomic E-state index is -0.513. The number of nitrogens with zero attached hydrogens (tertiary/aromatic N) is 2. The second kappa shape index (κ2) is 20.3. The Kier molecular flexibility index (Phi) is 12.5. The maximum Gasteiger partial charge on any atom is 0.0646 e. The molecule has 0 radical (unpaired) electrons. The molecule has 0 aliphatic heterocycles. The number of fused-ring (bicyclic) bond motifs is 7. The van der Waals surface area contributed by atoms with Crippen LogP contribution >= 0.6 is 0 Å². The van der Waals surface area contributed by atoms with E-state index >= 15 is 0 Å². The molecule has 4 saturated carbocycles. The van der Waals surface area contributed by atoms with E-state index in [1.165, 1.54) is 144 Å². The molecule has 2 nitrogen and oxygen atoms in total. The topological polar surface area (TPSA) is 6.48 Å². The molecule has 0 aromatic heterocycles. The molecule has 0 heterocycles. The van der Waals surface area contributed by atoms with Crippen LogP contribution in [0.5, 0.6) is 0 Å². The Bertz CT molecular complexity index is 4260. The predicted molar refractivity (Wildman–Crippen MR) is 365 cm³/mol. The number of rotatable bonds is 12. The predicted octanol–water partition coefficient (Wildman–Crippen LogP) is 22.5. The highest BCUT2D eigenvalue weighted by Gasteiger charge is 2.63. The van der Waals surface area contributed by atoms with Gasteiger partial charge in [-0.3, -0.25) is 0 Å². The summed E-state index contributed by atoms with van der Waals surface area (Å²) >= 11 is 0. The van der Waals surface area contributed by atoms with Gasteiger partial charge in [-0.05, 0) is 233 Å². The van der Waals surface area contributed by atoms with Crippen molar-refractivity contribution in [1.82, 2.24) is 0 Å². The summed E-state index contributed by atoms with van der Waals surface area (Å²) in [4.78, 5) is 5.50. The van der Waals surface area contributed by atoms with Crippen LogP contribution in [-0.4, -0.2) is 0 Å². The SMILES string of the molecule is CC1(C)c2ccccc2-c2c(N(c3cc(-c4ccccc4)cc(-c4ccccc4)c3)C(C)(C)c3ccccc3)cc3c(c21)-c1ccc(N(c2cc(-c4ccccc4)cc(-c4ccccc4)c2)C(C)(C)c2ccccc2)cc1C31C2CC3CC(C2)CC1C3. The number of hydrogen-bond acceptors (Lipinski definition) is 2. The van der Waals surface area contributed by atoms with Crippen LogP contribution < -0.4 is 9.80 Å². The van der Waals surface area contributed by atoms with E-state index in [1.807, 2.05) is 0 Å². The normalized spacial score (nSPS) is 20.0. The van der Waals surface area contributed by atoms with E-state index in [1.54, 1.807) is 11.1 Å². The van der Waals surface area contributed by atoms with Gasteiger partial charge in [0.15, 0.2) is 0 Å². The lowest BCUT2D eigenvalue weighted by Gasteiger charge is -2.61. The summed E-state index contributed by atoms with van der Waals surface area (Å²) in [5.74, 6) is 2.59. The molecule has 11 aromatic rings. The summed E-state index contributed by atoms with van der Waals surface area (Å²) in [5.41, 5.74) is 27.4. The zero-order valence-corrected chi connectivity index (χ0v) is 51.1. The molecule has 4 fully saturated rings. The van der Waals surface area contributed by atoms with Gasteiger partial charge in [-0.2, -0.15) is 0 Å². The van der Waals surface area contributed by atoms with Gasteiger partial charge >= 0.3 is 0 Å². The molecule has 87 heavy (non-hydrogen) atoms. The lowest BCUT2D eigenvalue weighted by molar-refractivity contribution is -0.0399. The highest BCUT2D eigenvalue weighted by atomic mass is 15.2. The summed E-state index contributed by atoms with van der Waals surface area (Å²) in [6.45, 7) is 14.9. The molecule has 0 N–H and O–H groups in total. The van der Waals surface area contributed by atoms with Crippen LogP contribution in [0.4, 0.5) is 22.7 Å². The fourth-order valence-electron chi connectivity index (χ4n) is 18.1. The van der Waals surface area contributed by atoms with Crippen LogP contribution in [0.1, 0.15) is 107 Å². The van der Waals surface area contributed by atoms with Crippen molar-refractivity contribution in [3.05, 3.63) is 300 Å². The van der Waals surface area contributed by atoms with Gasteiger partial charge in [-0.25, -0.2) is 0 Å². The third-order valence-corrected chi connectivity index (χ3v) is 21.7. The van der Waals surface area contributed by atoms with Crippen molar-refractivity contribution in [3.63, 3.8) is 0 Å².